The summed E-state index contributed by atoms with van der Waals surface area (Å²) in [7, 11) is 2.16. The lowest BCUT2D eigenvalue weighted by Crippen LogP contribution is -2.50. The molecule has 0 aromatic carbocycles. The molecule has 4 nitrogen and oxygen atoms in total. The first-order valence-electron chi connectivity index (χ1n) is 7.36. The molecule has 0 aromatic heterocycles. The molecule has 3 N–H and O–H groups in total. The highest BCUT2D eigenvalue weighted by Gasteiger charge is 2.39. The van der Waals surface area contributed by atoms with Gasteiger partial charge in [0.05, 0.1) is 5.41 Å². The van der Waals surface area contributed by atoms with Crippen LogP contribution in [0, 0.1) is 5.41 Å². The van der Waals surface area contributed by atoms with Gasteiger partial charge in [-0.25, -0.2) is 0 Å². The second kappa shape index (κ2) is 6.02. The summed E-state index contributed by atoms with van der Waals surface area (Å²) in [5.74, 6) is 0.196. The molecule has 0 spiro atoms. The summed E-state index contributed by atoms with van der Waals surface area (Å²) >= 11 is 0. The van der Waals surface area contributed by atoms with Gasteiger partial charge in [-0.05, 0) is 39.3 Å². The molecule has 0 bridgehead atoms. The molecule has 1 unspecified atom stereocenters. The van der Waals surface area contributed by atoms with Crippen LogP contribution in [0.1, 0.15) is 44.9 Å². The van der Waals surface area contributed by atoms with E-state index in [1.165, 1.54) is 19.3 Å². The molecule has 1 aliphatic carbocycles. The van der Waals surface area contributed by atoms with Crippen molar-refractivity contribution < 1.29 is 4.79 Å². The minimum absolute atomic E-state index is 0.196. The number of amides is 1. The van der Waals surface area contributed by atoms with E-state index in [9.17, 15) is 4.79 Å². The van der Waals surface area contributed by atoms with Crippen molar-refractivity contribution in [1.29, 1.82) is 0 Å². The molecule has 2 rings (SSSR count). The summed E-state index contributed by atoms with van der Waals surface area (Å²) in [6, 6.07) is 0.513. The number of hydrogen-bond acceptors (Lipinski definition) is 3. The van der Waals surface area contributed by atoms with Gasteiger partial charge in [-0.2, -0.15) is 0 Å². The van der Waals surface area contributed by atoms with Crippen molar-refractivity contribution in [3.05, 3.63) is 0 Å². The number of carbonyl (C=O) groups is 1. The van der Waals surface area contributed by atoms with Gasteiger partial charge in [0.2, 0.25) is 5.91 Å². The highest BCUT2D eigenvalue weighted by Crippen LogP contribution is 2.37. The summed E-state index contributed by atoms with van der Waals surface area (Å²) in [5.41, 5.74) is 5.58. The molecule has 1 saturated carbocycles. The lowest BCUT2D eigenvalue weighted by molar-refractivity contribution is -0.130. The zero-order valence-corrected chi connectivity index (χ0v) is 11.6. The van der Waals surface area contributed by atoms with E-state index in [1.54, 1.807) is 0 Å². The van der Waals surface area contributed by atoms with Crippen molar-refractivity contribution >= 4 is 5.91 Å². The summed E-state index contributed by atoms with van der Waals surface area (Å²) < 4.78 is 0. The smallest absolute Gasteiger partial charge is 0.227 e. The number of piperidine rings is 1. The Morgan fingerprint density at radius 2 is 2.06 bits per heavy atom. The predicted molar refractivity (Wildman–Crippen MR) is 73.2 cm³/mol. The van der Waals surface area contributed by atoms with Crippen molar-refractivity contribution in [3.8, 4) is 0 Å². The quantitative estimate of drug-likeness (QED) is 0.789. The van der Waals surface area contributed by atoms with E-state index in [4.69, 9.17) is 5.73 Å². The zero-order chi connectivity index (χ0) is 13.0. The third kappa shape index (κ3) is 2.86. The van der Waals surface area contributed by atoms with Gasteiger partial charge in [-0.15, -0.1) is 0 Å². The van der Waals surface area contributed by atoms with Crippen LogP contribution in [0.4, 0.5) is 0 Å². The highest BCUT2D eigenvalue weighted by molar-refractivity contribution is 5.83. The lowest BCUT2D eigenvalue weighted by Gasteiger charge is -2.34. The number of hydrogen-bond donors (Lipinski definition) is 2. The number of likely N-dealkylation sites (N-methyl/N-ethyl adjacent to an activating group) is 1. The Morgan fingerprint density at radius 1 is 1.33 bits per heavy atom. The largest absolute Gasteiger partial charge is 0.354 e. The van der Waals surface area contributed by atoms with Crippen LogP contribution in [0.25, 0.3) is 0 Å². The monoisotopic (exact) mass is 253 g/mol. The maximum atomic E-state index is 12.3. The molecule has 1 saturated heterocycles. The average molecular weight is 253 g/mol. The standard InChI is InChI=1S/C14H27N3O/c1-17-9-5-2-6-12(17)10-16-13(18)14(11-15)7-3-4-8-14/h12H,2-11,15H2,1H3,(H,16,18). The van der Waals surface area contributed by atoms with Crippen LogP contribution in [0.5, 0.6) is 0 Å². The molecule has 104 valence electrons. The highest BCUT2D eigenvalue weighted by atomic mass is 16.2. The van der Waals surface area contributed by atoms with Crippen LogP contribution in [-0.2, 0) is 4.79 Å². The molecular weight excluding hydrogens is 226 g/mol. The molecule has 1 amide bonds. The SMILES string of the molecule is CN1CCCCC1CNC(=O)C1(CN)CCCC1. The van der Waals surface area contributed by atoms with Crippen molar-refractivity contribution in [2.24, 2.45) is 11.1 Å². The lowest BCUT2D eigenvalue weighted by atomic mass is 9.85. The zero-order valence-electron chi connectivity index (χ0n) is 11.6. The fourth-order valence-corrected chi connectivity index (χ4v) is 3.38. The van der Waals surface area contributed by atoms with Crippen LogP contribution in [0.15, 0.2) is 0 Å². The van der Waals surface area contributed by atoms with E-state index in [2.05, 4.69) is 17.3 Å². The third-order valence-corrected chi connectivity index (χ3v) is 4.85. The summed E-state index contributed by atoms with van der Waals surface area (Å²) in [5, 5.41) is 3.16. The predicted octanol–water partition coefficient (Wildman–Crippen LogP) is 1.11. The number of nitrogens with two attached hydrogens (primary N) is 1. The Balaban J connectivity index is 1.83. The molecule has 1 heterocycles. The van der Waals surface area contributed by atoms with E-state index in [0.29, 0.717) is 12.6 Å². The third-order valence-electron chi connectivity index (χ3n) is 4.85. The van der Waals surface area contributed by atoms with Gasteiger partial charge < -0.3 is 16.0 Å². The van der Waals surface area contributed by atoms with Crippen LogP contribution in [0.2, 0.25) is 0 Å². The Morgan fingerprint density at radius 3 is 2.67 bits per heavy atom. The first kappa shape index (κ1) is 13.8. The number of nitrogens with zero attached hydrogens (tertiary/aromatic N) is 1. The second-order valence-corrected chi connectivity index (χ2v) is 6.03. The molecule has 4 heteroatoms. The Kier molecular flexibility index (Phi) is 4.62. The number of likely N-dealkylation sites (tertiary alicyclic amines) is 1. The first-order chi connectivity index (χ1) is 8.68. The second-order valence-electron chi connectivity index (χ2n) is 6.03. The average Bonchev–Trinajstić information content (AvgIpc) is 2.87. The van der Waals surface area contributed by atoms with Gasteiger partial charge >= 0.3 is 0 Å². The van der Waals surface area contributed by atoms with E-state index in [0.717, 1.165) is 38.8 Å². The van der Waals surface area contributed by atoms with Crippen molar-refractivity contribution in [1.82, 2.24) is 10.2 Å². The Bertz CT molecular complexity index is 287. The van der Waals surface area contributed by atoms with E-state index in [-0.39, 0.29) is 11.3 Å². The number of carbonyl (C=O) groups excluding carboxylic acids is 1. The fourth-order valence-electron chi connectivity index (χ4n) is 3.38. The maximum Gasteiger partial charge on any atom is 0.227 e. The molecule has 0 radical (unpaired) electrons. The van der Waals surface area contributed by atoms with Gasteiger partial charge in [-0.1, -0.05) is 19.3 Å². The normalized spacial score (nSPS) is 28.2. The van der Waals surface area contributed by atoms with Gasteiger partial charge in [-0.3, -0.25) is 4.79 Å². The van der Waals surface area contributed by atoms with Crippen molar-refractivity contribution in [2.45, 2.75) is 51.0 Å². The molecular formula is C14H27N3O. The minimum atomic E-state index is -0.257. The van der Waals surface area contributed by atoms with E-state index >= 15 is 0 Å². The van der Waals surface area contributed by atoms with Crippen LogP contribution < -0.4 is 11.1 Å². The minimum Gasteiger partial charge on any atom is -0.354 e. The topological polar surface area (TPSA) is 58.4 Å². The van der Waals surface area contributed by atoms with Crippen molar-refractivity contribution in [3.63, 3.8) is 0 Å². The fraction of sp³-hybridized carbons (Fsp3) is 0.929. The molecule has 1 aliphatic heterocycles. The van der Waals surface area contributed by atoms with Gasteiger partial charge in [0.25, 0.3) is 0 Å². The number of nitrogens with one attached hydrogen (secondary N) is 1. The summed E-state index contributed by atoms with van der Waals surface area (Å²) in [6.45, 7) is 2.44. The maximum absolute atomic E-state index is 12.3. The summed E-state index contributed by atoms with van der Waals surface area (Å²) in [4.78, 5) is 14.7. The Labute approximate surface area is 110 Å². The van der Waals surface area contributed by atoms with Crippen LogP contribution in [-0.4, -0.2) is 43.5 Å². The molecule has 2 fully saturated rings. The molecule has 2 aliphatic rings. The number of rotatable bonds is 4. The van der Waals surface area contributed by atoms with Gasteiger partial charge in [0.1, 0.15) is 0 Å². The van der Waals surface area contributed by atoms with Crippen LogP contribution >= 0.6 is 0 Å². The van der Waals surface area contributed by atoms with Gasteiger partial charge in [0.15, 0.2) is 0 Å². The molecule has 1 atom stereocenters. The van der Waals surface area contributed by atoms with E-state index in [1.807, 2.05) is 0 Å². The van der Waals surface area contributed by atoms with Crippen LogP contribution in [0.3, 0.4) is 0 Å². The first-order valence-corrected chi connectivity index (χ1v) is 7.36. The molecule has 18 heavy (non-hydrogen) atoms. The molecule has 0 aromatic rings. The van der Waals surface area contributed by atoms with Crippen molar-refractivity contribution in [2.75, 3.05) is 26.7 Å². The Hall–Kier alpha value is -0.610. The van der Waals surface area contributed by atoms with E-state index < -0.39 is 0 Å². The van der Waals surface area contributed by atoms with Gasteiger partial charge in [0, 0.05) is 19.1 Å². The summed E-state index contributed by atoms with van der Waals surface area (Å²) in [6.07, 6.45) is 8.00.